The number of piperazine rings is 1. The Morgan fingerprint density at radius 2 is 2.35 bits per heavy atom. The van der Waals surface area contributed by atoms with Gasteiger partial charge in [0.1, 0.15) is 6.07 Å². The van der Waals surface area contributed by atoms with E-state index in [1.807, 2.05) is 12.1 Å². The molecule has 0 saturated carbocycles. The van der Waals surface area contributed by atoms with E-state index in [0.717, 1.165) is 31.7 Å². The highest BCUT2D eigenvalue weighted by Crippen LogP contribution is 2.21. The largest absolute Gasteiger partial charge is 0.366 e. The van der Waals surface area contributed by atoms with Crippen LogP contribution in [0.4, 0.5) is 5.69 Å². The van der Waals surface area contributed by atoms with Gasteiger partial charge in [-0.3, -0.25) is 4.90 Å². The molecule has 0 aliphatic carbocycles. The van der Waals surface area contributed by atoms with Crippen molar-refractivity contribution in [1.82, 2.24) is 9.88 Å². The number of aromatic nitrogens is 1. The molecule has 2 rings (SSSR count). The molecule has 90 valence electrons. The Balaban J connectivity index is 2.21. The number of hydrogen-bond donors (Lipinski definition) is 0. The second-order valence-corrected chi connectivity index (χ2v) is 4.47. The van der Waals surface area contributed by atoms with Gasteiger partial charge in [-0.2, -0.15) is 5.26 Å². The third-order valence-electron chi connectivity index (χ3n) is 3.48. The average molecular weight is 230 g/mol. The predicted octanol–water partition coefficient (Wildman–Crippen LogP) is 1.48. The lowest BCUT2D eigenvalue weighted by Gasteiger charge is -2.40. The number of anilines is 1. The van der Waals surface area contributed by atoms with Gasteiger partial charge < -0.3 is 4.90 Å². The van der Waals surface area contributed by atoms with Crippen LogP contribution >= 0.6 is 0 Å². The maximum Gasteiger partial charge on any atom is 0.163 e. The molecule has 4 nitrogen and oxygen atoms in total. The fourth-order valence-electron chi connectivity index (χ4n) is 2.34. The Morgan fingerprint density at radius 1 is 1.53 bits per heavy atom. The van der Waals surface area contributed by atoms with E-state index >= 15 is 0 Å². The van der Waals surface area contributed by atoms with E-state index in [0.29, 0.717) is 11.7 Å². The predicted molar refractivity (Wildman–Crippen MR) is 67.9 cm³/mol. The van der Waals surface area contributed by atoms with E-state index in [1.165, 1.54) is 0 Å². The number of hydrogen-bond acceptors (Lipinski definition) is 4. The molecule has 0 radical (unpaired) electrons. The monoisotopic (exact) mass is 230 g/mol. The van der Waals surface area contributed by atoms with Crippen LogP contribution in [0.15, 0.2) is 18.3 Å². The lowest BCUT2D eigenvalue weighted by molar-refractivity contribution is 0.213. The molecule has 0 N–H and O–H groups in total. The number of pyridine rings is 1. The summed E-state index contributed by atoms with van der Waals surface area (Å²) in [5, 5.41) is 9.07. The van der Waals surface area contributed by atoms with Crippen molar-refractivity contribution >= 4 is 5.69 Å². The van der Waals surface area contributed by atoms with E-state index in [-0.39, 0.29) is 0 Å². The Hall–Kier alpha value is -1.60. The Kier molecular flexibility index (Phi) is 3.60. The van der Waals surface area contributed by atoms with Gasteiger partial charge in [-0.1, -0.05) is 6.92 Å². The number of rotatable bonds is 2. The summed E-state index contributed by atoms with van der Waals surface area (Å²) < 4.78 is 0. The van der Waals surface area contributed by atoms with Crippen molar-refractivity contribution in [3.8, 4) is 6.07 Å². The first-order valence-corrected chi connectivity index (χ1v) is 6.06. The smallest absolute Gasteiger partial charge is 0.163 e. The molecule has 1 aliphatic heterocycles. The summed E-state index contributed by atoms with van der Waals surface area (Å²) in [5.41, 5.74) is 1.51. The van der Waals surface area contributed by atoms with Crippen molar-refractivity contribution in [2.24, 2.45) is 0 Å². The molecule has 0 bridgehead atoms. The summed E-state index contributed by atoms with van der Waals surface area (Å²) in [6.07, 6.45) is 2.81. The van der Waals surface area contributed by atoms with Crippen LogP contribution in [-0.2, 0) is 0 Å². The molecule has 17 heavy (non-hydrogen) atoms. The zero-order valence-electron chi connectivity index (χ0n) is 10.4. The minimum absolute atomic E-state index is 0.534. The second kappa shape index (κ2) is 5.15. The van der Waals surface area contributed by atoms with Crippen LogP contribution in [0.3, 0.4) is 0 Å². The molecule has 1 aromatic rings. The highest BCUT2D eigenvalue weighted by molar-refractivity contribution is 5.56. The van der Waals surface area contributed by atoms with Gasteiger partial charge in [-0.15, -0.1) is 0 Å². The van der Waals surface area contributed by atoms with Crippen molar-refractivity contribution in [3.05, 3.63) is 24.0 Å². The number of nitriles is 1. The first kappa shape index (κ1) is 11.9. The van der Waals surface area contributed by atoms with Gasteiger partial charge in [0, 0.05) is 31.9 Å². The zero-order chi connectivity index (χ0) is 12.3. The van der Waals surface area contributed by atoms with E-state index < -0.39 is 0 Å². The SMILES string of the molecule is CCC1CN(c2cccnc2C#N)CCN1C. The van der Waals surface area contributed by atoms with Crippen LogP contribution in [0.1, 0.15) is 19.0 Å². The van der Waals surface area contributed by atoms with Gasteiger partial charge in [0.25, 0.3) is 0 Å². The van der Waals surface area contributed by atoms with Crippen molar-refractivity contribution in [2.75, 3.05) is 31.6 Å². The molecule has 1 aromatic heterocycles. The van der Waals surface area contributed by atoms with Gasteiger partial charge in [0.15, 0.2) is 5.69 Å². The van der Waals surface area contributed by atoms with Crippen LogP contribution in [0, 0.1) is 11.3 Å². The van der Waals surface area contributed by atoms with Gasteiger partial charge in [0.2, 0.25) is 0 Å². The van der Waals surface area contributed by atoms with Crippen LogP contribution in [0.25, 0.3) is 0 Å². The summed E-state index contributed by atoms with van der Waals surface area (Å²) >= 11 is 0. The Bertz CT molecular complexity index is 424. The molecule has 1 fully saturated rings. The molecule has 1 saturated heterocycles. The Labute approximate surface area is 102 Å². The molecule has 1 aliphatic rings. The topological polar surface area (TPSA) is 43.2 Å². The molecule has 1 atom stereocenters. The minimum Gasteiger partial charge on any atom is -0.366 e. The summed E-state index contributed by atoms with van der Waals surface area (Å²) in [5.74, 6) is 0. The van der Waals surface area contributed by atoms with Crippen LogP contribution in [-0.4, -0.2) is 42.6 Å². The first-order valence-electron chi connectivity index (χ1n) is 6.06. The molecule has 4 heteroatoms. The fourth-order valence-corrected chi connectivity index (χ4v) is 2.34. The van der Waals surface area contributed by atoms with E-state index in [1.54, 1.807) is 6.20 Å². The lowest BCUT2D eigenvalue weighted by atomic mass is 10.1. The number of nitrogens with zero attached hydrogens (tertiary/aromatic N) is 4. The molecule has 0 aromatic carbocycles. The van der Waals surface area contributed by atoms with Gasteiger partial charge in [0.05, 0.1) is 5.69 Å². The van der Waals surface area contributed by atoms with Crippen molar-refractivity contribution in [2.45, 2.75) is 19.4 Å². The van der Waals surface area contributed by atoms with Crippen molar-refractivity contribution in [1.29, 1.82) is 5.26 Å². The van der Waals surface area contributed by atoms with Crippen LogP contribution in [0.2, 0.25) is 0 Å². The Morgan fingerprint density at radius 3 is 3.06 bits per heavy atom. The van der Waals surface area contributed by atoms with Crippen LogP contribution < -0.4 is 4.90 Å². The minimum atomic E-state index is 0.534. The molecule has 0 spiro atoms. The summed E-state index contributed by atoms with van der Waals surface area (Å²) in [6, 6.07) is 6.62. The van der Waals surface area contributed by atoms with Crippen molar-refractivity contribution < 1.29 is 0 Å². The highest BCUT2D eigenvalue weighted by atomic mass is 15.3. The standard InChI is InChI=1S/C13H18N4/c1-3-11-10-17(8-7-16(11)2)13-5-4-6-15-12(13)9-14/h4-6,11H,3,7-8,10H2,1-2H3. The lowest BCUT2D eigenvalue weighted by Crippen LogP contribution is -2.51. The van der Waals surface area contributed by atoms with Gasteiger partial charge in [-0.05, 0) is 25.6 Å². The zero-order valence-corrected chi connectivity index (χ0v) is 10.4. The third kappa shape index (κ3) is 2.40. The highest BCUT2D eigenvalue weighted by Gasteiger charge is 2.24. The van der Waals surface area contributed by atoms with Gasteiger partial charge in [-0.25, -0.2) is 4.98 Å². The van der Waals surface area contributed by atoms with E-state index in [4.69, 9.17) is 5.26 Å². The maximum atomic E-state index is 9.07. The molecular weight excluding hydrogens is 212 g/mol. The van der Waals surface area contributed by atoms with Crippen molar-refractivity contribution in [3.63, 3.8) is 0 Å². The summed E-state index contributed by atoms with van der Waals surface area (Å²) in [4.78, 5) is 8.79. The molecule has 0 amide bonds. The maximum absolute atomic E-state index is 9.07. The van der Waals surface area contributed by atoms with E-state index in [2.05, 4.69) is 34.8 Å². The quantitative estimate of drug-likeness (QED) is 0.772. The van der Waals surface area contributed by atoms with E-state index in [9.17, 15) is 0 Å². The summed E-state index contributed by atoms with van der Waals surface area (Å²) in [7, 11) is 2.17. The molecule has 1 unspecified atom stereocenters. The van der Waals surface area contributed by atoms with Gasteiger partial charge >= 0.3 is 0 Å². The fraction of sp³-hybridized carbons (Fsp3) is 0.538. The second-order valence-electron chi connectivity index (χ2n) is 4.47. The normalized spacial score (nSPS) is 21.2. The van der Waals surface area contributed by atoms with Crippen LogP contribution in [0.5, 0.6) is 0 Å². The molecular formula is C13H18N4. The molecule has 2 heterocycles. The summed E-state index contributed by atoms with van der Waals surface area (Å²) in [6.45, 7) is 5.19. The first-order chi connectivity index (χ1) is 8.26. The third-order valence-corrected chi connectivity index (χ3v) is 3.48. The number of likely N-dealkylation sites (N-methyl/N-ethyl adjacent to an activating group) is 1. The average Bonchev–Trinajstić information content (AvgIpc) is 2.39.